The molecule has 1 N–H and O–H groups in total. The molecule has 0 saturated carbocycles. The fourth-order valence-electron chi connectivity index (χ4n) is 0.836. The molecule has 0 aromatic heterocycles. The van der Waals surface area contributed by atoms with Gasteiger partial charge in [0.2, 0.25) is 0 Å². The van der Waals surface area contributed by atoms with Gasteiger partial charge in [-0.3, -0.25) is 19.2 Å². The summed E-state index contributed by atoms with van der Waals surface area (Å²) in [5, 5.41) is 8.29. The predicted octanol–water partition coefficient (Wildman–Crippen LogP) is -0.122. The summed E-state index contributed by atoms with van der Waals surface area (Å²) in [6.45, 7) is -0.189. The quantitative estimate of drug-likeness (QED) is 0.384. The summed E-state index contributed by atoms with van der Waals surface area (Å²) >= 11 is 0. The number of hydrogen-bond donors (Lipinski definition) is 1. The second-order valence-electron chi connectivity index (χ2n) is 3.10. The van der Waals surface area contributed by atoms with Crippen LogP contribution in [0.2, 0.25) is 0 Å². The highest BCUT2D eigenvalue weighted by Gasteiger charge is 2.14. The van der Waals surface area contributed by atoms with Gasteiger partial charge in [0, 0.05) is 0 Å². The van der Waals surface area contributed by atoms with E-state index < -0.39 is 36.7 Å². The summed E-state index contributed by atoms with van der Waals surface area (Å²) in [6, 6.07) is 0. The van der Waals surface area contributed by atoms with Gasteiger partial charge < -0.3 is 14.6 Å². The molecule has 7 nitrogen and oxygen atoms in total. The lowest BCUT2D eigenvalue weighted by Crippen LogP contribution is -2.15. The minimum absolute atomic E-state index is 0.189. The highest BCUT2D eigenvalue weighted by molar-refractivity contribution is 5.88. The molecule has 0 spiro atoms. The zero-order chi connectivity index (χ0) is 14.0. The summed E-state index contributed by atoms with van der Waals surface area (Å²) < 4.78 is 8.75. The number of aliphatic carboxylic acids is 1. The zero-order valence-corrected chi connectivity index (χ0v) is 9.51. The third-order valence-corrected chi connectivity index (χ3v) is 1.62. The van der Waals surface area contributed by atoms with Crippen molar-refractivity contribution in [1.82, 2.24) is 0 Å². The van der Waals surface area contributed by atoms with Gasteiger partial charge in [-0.15, -0.1) is 6.42 Å². The molecule has 0 aromatic rings. The monoisotopic (exact) mass is 256 g/mol. The molecule has 0 aliphatic carbocycles. The van der Waals surface area contributed by atoms with E-state index in [2.05, 4.69) is 15.4 Å². The highest BCUT2D eigenvalue weighted by atomic mass is 16.6. The fourth-order valence-corrected chi connectivity index (χ4v) is 0.836. The zero-order valence-electron chi connectivity index (χ0n) is 9.51. The van der Waals surface area contributed by atoms with Crippen molar-refractivity contribution in [1.29, 1.82) is 0 Å². The van der Waals surface area contributed by atoms with Crippen LogP contribution in [0, 0.1) is 12.3 Å². The maximum Gasteiger partial charge on any atom is 0.314 e. The minimum Gasteiger partial charge on any atom is -0.481 e. The Bertz CT molecular complexity index is 377. The van der Waals surface area contributed by atoms with Gasteiger partial charge in [-0.2, -0.15) is 0 Å². The van der Waals surface area contributed by atoms with E-state index in [-0.39, 0.29) is 19.4 Å². The molecule has 0 fully saturated rings. The van der Waals surface area contributed by atoms with E-state index in [9.17, 15) is 19.2 Å². The lowest BCUT2D eigenvalue weighted by atomic mass is 10.3. The molecule has 0 bridgehead atoms. The first-order valence-corrected chi connectivity index (χ1v) is 5.00. The van der Waals surface area contributed by atoms with Crippen LogP contribution in [0.25, 0.3) is 0 Å². The molecule has 0 aliphatic rings. The maximum absolute atomic E-state index is 11.0. The first kappa shape index (κ1) is 15.6. The number of terminal acetylenes is 1. The average molecular weight is 256 g/mol. The van der Waals surface area contributed by atoms with Crippen molar-refractivity contribution in [3.8, 4) is 12.3 Å². The van der Waals surface area contributed by atoms with Crippen LogP contribution >= 0.6 is 0 Å². The molecule has 0 radical (unpaired) electrons. The van der Waals surface area contributed by atoms with Gasteiger partial charge in [-0.1, -0.05) is 5.92 Å². The number of hydrogen-bond acceptors (Lipinski definition) is 6. The summed E-state index contributed by atoms with van der Waals surface area (Å²) in [7, 11) is 0. The summed E-state index contributed by atoms with van der Waals surface area (Å²) in [4.78, 5) is 43.0. The van der Waals surface area contributed by atoms with Crippen molar-refractivity contribution >= 4 is 23.9 Å². The smallest absolute Gasteiger partial charge is 0.314 e. The molecule has 7 heteroatoms. The van der Waals surface area contributed by atoms with Crippen LogP contribution < -0.4 is 0 Å². The lowest BCUT2D eigenvalue weighted by Gasteiger charge is -2.02. The highest BCUT2D eigenvalue weighted by Crippen LogP contribution is 1.99. The Morgan fingerprint density at radius 2 is 1.44 bits per heavy atom. The number of carbonyl (C=O) groups is 4. The van der Waals surface area contributed by atoms with E-state index in [4.69, 9.17) is 11.5 Å². The van der Waals surface area contributed by atoms with Crippen molar-refractivity contribution in [3.63, 3.8) is 0 Å². The van der Waals surface area contributed by atoms with Gasteiger partial charge in [0.15, 0.2) is 6.61 Å². The molecule has 0 saturated heterocycles. The van der Waals surface area contributed by atoms with Crippen LogP contribution in [0.1, 0.15) is 25.7 Å². The molecule has 98 valence electrons. The van der Waals surface area contributed by atoms with Crippen LogP contribution in [0.3, 0.4) is 0 Å². The van der Waals surface area contributed by atoms with Crippen molar-refractivity contribution in [2.24, 2.45) is 0 Å². The molecular weight excluding hydrogens is 244 g/mol. The van der Waals surface area contributed by atoms with Crippen molar-refractivity contribution in [3.05, 3.63) is 0 Å². The van der Waals surface area contributed by atoms with Gasteiger partial charge in [0.05, 0.1) is 25.7 Å². The van der Waals surface area contributed by atoms with Crippen molar-refractivity contribution < 1.29 is 33.8 Å². The van der Waals surface area contributed by atoms with Crippen LogP contribution in [-0.2, 0) is 28.7 Å². The van der Waals surface area contributed by atoms with Crippen LogP contribution in [0.15, 0.2) is 0 Å². The van der Waals surface area contributed by atoms with E-state index in [1.165, 1.54) is 0 Å². The van der Waals surface area contributed by atoms with Gasteiger partial charge in [-0.25, -0.2) is 0 Å². The van der Waals surface area contributed by atoms with E-state index >= 15 is 0 Å². The third kappa shape index (κ3) is 8.91. The maximum atomic E-state index is 11.0. The first-order valence-electron chi connectivity index (χ1n) is 5.00. The number of ether oxygens (including phenoxy) is 2. The van der Waals surface area contributed by atoms with Crippen LogP contribution in [-0.4, -0.2) is 35.6 Å². The summed E-state index contributed by atoms with van der Waals surface area (Å²) in [6.07, 6.45) is 3.44. The number of esters is 3. The van der Waals surface area contributed by atoms with Gasteiger partial charge in [-0.05, 0) is 0 Å². The fraction of sp³-hybridized carbons (Fsp3) is 0.455. The predicted molar refractivity (Wildman–Crippen MR) is 57.0 cm³/mol. The molecule has 0 aromatic carbocycles. The molecule has 0 unspecified atom stereocenters. The topological polar surface area (TPSA) is 107 Å². The molecule has 0 aliphatic heterocycles. The second kappa shape index (κ2) is 8.75. The van der Waals surface area contributed by atoms with E-state index in [0.717, 1.165) is 0 Å². The Kier molecular flexibility index (Phi) is 7.61. The molecular formula is C11H12O7. The third-order valence-electron chi connectivity index (χ3n) is 1.62. The van der Waals surface area contributed by atoms with E-state index in [1.807, 2.05) is 0 Å². The van der Waals surface area contributed by atoms with Gasteiger partial charge in [0.1, 0.15) is 0 Å². The lowest BCUT2D eigenvalue weighted by molar-refractivity contribution is -0.162. The van der Waals surface area contributed by atoms with E-state index in [0.29, 0.717) is 0 Å². The Hall–Kier alpha value is -2.36. The molecule has 18 heavy (non-hydrogen) atoms. The normalized spacial score (nSPS) is 9.06. The van der Waals surface area contributed by atoms with Gasteiger partial charge in [0.25, 0.3) is 0 Å². The Morgan fingerprint density at radius 1 is 0.944 bits per heavy atom. The molecule has 0 atom stereocenters. The number of carboxylic acids is 1. The molecule has 0 heterocycles. The Balaban J connectivity index is 3.77. The number of rotatable bonds is 7. The summed E-state index contributed by atoms with van der Waals surface area (Å²) in [5.41, 5.74) is 0. The SMILES string of the molecule is C#CCOC(=O)CCC(=O)OC(=O)CCC(=O)O. The van der Waals surface area contributed by atoms with Gasteiger partial charge >= 0.3 is 23.9 Å². The standard InChI is InChI=1S/C11H12O7/c1-2-7-17-9(14)5-6-11(16)18-10(15)4-3-8(12)13/h1H,3-7H2,(H,12,13). The Labute approximate surface area is 103 Å². The molecule has 0 rings (SSSR count). The largest absolute Gasteiger partial charge is 0.481 e. The van der Waals surface area contributed by atoms with Crippen molar-refractivity contribution in [2.45, 2.75) is 25.7 Å². The van der Waals surface area contributed by atoms with E-state index in [1.54, 1.807) is 0 Å². The average Bonchev–Trinajstić information content (AvgIpc) is 2.31. The summed E-state index contributed by atoms with van der Waals surface area (Å²) in [5.74, 6) is -1.63. The number of carboxylic acid groups (broad SMARTS) is 1. The number of carbonyl (C=O) groups excluding carboxylic acids is 3. The molecule has 0 amide bonds. The van der Waals surface area contributed by atoms with Crippen LogP contribution in [0.4, 0.5) is 0 Å². The first-order chi connectivity index (χ1) is 8.45. The second-order valence-corrected chi connectivity index (χ2v) is 3.10. The van der Waals surface area contributed by atoms with Crippen molar-refractivity contribution in [2.75, 3.05) is 6.61 Å². The minimum atomic E-state index is -1.17. The Morgan fingerprint density at radius 3 is 1.94 bits per heavy atom. The van der Waals surface area contributed by atoms with Crippen LogP contribution in [0.5, 0.6) is 0 Å².